The van der Waals surface area contributed by atoms with Crippen molar-refractivity contribution in [3.63, 3.8) is 0 Å². The molecule has 1 aromatic carbocycles. The predicted octanol–water partition coefficient (Wildman–Crippen LogP) is 2.96. The highest BCUT2D eigenvalue weighted by Crippen LogP contribution is 2.34. The van der Waals surface area contributed by atoms with Gasteiger partial charge < -0.3 is 10.1 Å². The normalized spacial score (nSPS) is 11.4. The summed E-state index contributed by atoms with van der Waals surface area (Å²) in [6.45, 7) is 3.27. The number of hydrogen-bond donors (Lipinski definition) is 2. The topological polar surface area (TPSA) is 67.4 Å². The Morgan fingerprint density at radius 3 is 2.50 bits per heavy atom. The van der Waals surface area contributed by atoms with Crippen LogP contribution in [0.2, 0.25) is 0 Å². The van der Waals surface area contributed by atoms with E-state index in [4.69, 9.17) is 4.74 Å². The van der Waals surface area contributed by atoms with Gasteiger partial charge in [-0.25, -0.2) is 8.42 Å². The fraction of sp³-hybridized carbons (Fsp3) is 0.500. The van der Waals surface area contributed by atoms with Crippen LogP contribution in [-0.4, -0.2) is 34.4 Å². The quantitative estimate of drug-likeness (QED) is 0.623. The van der Waals surface area contributed by atoms with Crippen molar-refractivity contribution in [1.29, 1.82) is 0 Å². The Kier molecular flexibility index (Phi) is 7.28. The Bertz CT molecular complexity index is 550. The zero-order chi connectivity index (χ0) is 15.2. The Balaban J connectivity index is 2.76. The van der Waals surface area contributed by atoms with E-state index in [2.05, 4.69) is 41.9 Å². The van der Waals surface area contributed by atoms with E-state index in [1.807, 2.05) is 6.92 Å². The molecule has 0 amide bonds. The summed E-state index contributed by atoms with van der Waals surface area (Å²) >= 11 is 6.67. The summed E-state index contributed by atoms with van der Waals surface area (Å²) in [6, 6.07) is 3.37. The van der Waals surface area contributed by atoms with Gasteiger partial charge >= 0.3 is 0 Å². The zero-order valence-corrected chi connectivity index (χ0v) is 15.4. The first kappa shape index (κ1) is 17.7. The van der Waals surface area contributed by atoms with E-state index in [0.29, 0.717) is 22.5 Å². The van der Waals surface area contributed by atoms with Crippen molar-refractivity contribution in [3.8, 4) is 5.75 Å². The Morgan fingerprint density at radius 1 is 1.20 bits per heavy atom. The zero-order valence-electron chi connectivity index (χ0n) is 11.4. The lowest BCUT2D eigenvalue weighted by molar-refractivity contribution is 0.412. The van der Waals surface area contributed by atoms with Crippen LogP contribution in [0.5, 0.6) is 5.75 Å². The first-order valence-corrected chi connectivity index (χ1v) is 9.37. The SMILES string of the molecule is CCCNCCS(=O)(=O)Nc1cc(OC)c(Br)cc1Br. The summed E-state index contributed by atoms with van der Waals surface area (Å²) in [5.74, 6) is 0.590. The first-order valence-electron chi connectivity index (χ1n) is 6.14. The molecular weight excluding hydrogens is 412 g/mol. The Labute approximate surface area is 136 Å². The molecule has 0 saturated heterocycles. The number of benzene rings is 1. The summed E-state index contributed by atoms with van der Waals surface area (Å²) in [5.41, 5.74) is 0.459. The van der Waals surface area contributed by atoms with Crippen LogP contribution in [0.25, 0.3) is 0 Å². The molecule has 0 aliphatic heterocycles. The summed E-state index contributed by atoms with van der Waals surface area (Å²) in [7, 11) is -1.86. The highest BCUT2D eigenvalue weighted by atomic mass is 79.9. The van der Waals surface area contributed by atoms with Crippen molar-refractivity contribution < 1.29 is 13.2 Å². The molecule has 0 radical (unpaired) electrons. The number of nitrogens with one attached hydrogen (secondary N) is 2. The average Bonchev–Trinajstić information content (AvgIpc) is 2.38. The summed E-state index contributed by atoms with van der Waals surface area (Å²) < 4.78 is 33.1. The maximum Gasteiger partial charge on any atom is 0.234 e. The second kappa shape index (κ2) is 8.21. The van der Waals surface area contributed by atoms with E-state index in [9.17, 15) is 8.42 Å². The molecule has 0 fully saturated rings. The minimum absolute atomic E-state index is 0.0256. The minimum Gasteiger partial charge on any atom is -0.495 e. The second-order valence-electron chi connectivity index (χ2n) is 4.14. The van der Waals surface area contributed by atoms with Crippen LogP contribution in [-0.2, 0) is 10.0 Å². The van der Waals surface area contributed by atoms with Gasteiger partial charge in [-0.15, -0.1) is 0 Å². The monoisotopic (exact) mass is 428 g/mol. The van der Waals surface area contributed by atoms with Gasteiger partial charge in [-0.3, -0.25) is 4.72 Å². The molecule has 8 heteroatoms. The van der Waals surface area contributed by atoms with Gasteiger partial charge in [0.15, 0.2) is 0 Å². The van der Waals surface area contributed by atoms with Crippen LogP contribution in [0.3, 0.4) is 0 Å². The van der Waals surface area contributed by atoms with Gasteiger partial charge in [0, 0.05) is 17.1 Å². The Morgan fingerprint density at radius 2 is 1.90 bits per heavy atom. The second-order valence-corrected chi connectivity index (χ2v) is 7.69. The molecule has 0 bridgehead atoms. The van der Waals surface area contributed by atoms with Gasteiger partial charge in [0.05, 0.1) is 23.0 Å². The molecule has 1 aromatic rings. The molecular formula is C12H18Br2N2O3S. The number of halogens is 2. The maximum atomic E-state index is 12.0. The molecule has 1 rings (SSSR count). The lowest BCUT2D eigenvalue weighted by atomic mass is 10.3. The summed E-state index contributed by atoms with van der Waals surface area (Å²) in [5, 5.41) is 3.06. The third-order valence-electron chi connectivity index (χ3n) is 2.48. The molecule has 0 heterocycles. The van der Waals surface area contributed by atoms with Gasteiger partial charge in [-0.05, 0) is 50.9 Å². The van der Waals surface area contributed by atoms with Crippen molar-refractivity contribution >= 4 is 47.6 Å². The van der Waals surface area contributed by atoms with Gasteiger partial charge in [-0.1, -0.05) is 6.92 Å². The molecule has 2 N–H and O–H groups in total. The van der Waals surface area contributed by atoms with E-state index < -0.39 is 10.0 Å². The number of rotatable bonds is 8. The average molecular weight is 430 g/mol. The summed E-state index contributed by atoms with van der Waals surface area (Å²) in [4.78, 5) is 0. The molecule has 0 atom stereocenters. The lowest BCUT2D eigenvalue weighted by Gasteiger charge is -2.12. The molecule has 0 aliphatic carbocycles. The predicted molar refractivity (Wildman–Crippen MR) is 89.0 cm³/mol. The molecule has 0 aromatic heterocycles. The fourth-order valence-corrected chi connectivity index (χ4v) is 3.90. The highest BCUT2D eigenvalue weighted by molar-refractivity contribution is 9.11. The van der Waals surface area contributed by atoms with E-state index >= 15 is 0 Å². The lowest BCUT2D eigenvalue weighted by Crippen LogP contribution is -2.27. The minimum atomic E-state index is -3.39. The molecule has 0 spiro atoms. The third kappa shape index (κ3) is 5.59. The Hall–Kier alpha value is -0.310. The van der Waals surface area contributed by atoms with Crippen LogP contribution in [0.4, 0.5) is 5.69 Å². The molecule has 0 aliphatic rings. The van der Waals surface area contributed by atoms with Crippen LogP contribution in [0, 0.1) is 0 Å². The van der Waals surface area contributed by atoms with Crippen LogP contribution < -0.4 is 14.8 Å². The van der Waals surface area contributed by atoms with Gasteiger partial charge in [0.2, 0.25) is 10.0 Å². The molecule has 114 valence electrons. The van der Waals surface area contributed by atoms with Crippen LogP contribution in [0.15, 0.2) is 21.1 Å². The van der Waals surface area contributed by atoms with Crippen molar-refractivity contribution in [2.24, 2.45) is 0 Å². The van der Waals surface area contributed by atoms with E-state index in [1.165, 1.54) is 7.11 Å². The van der Waals surface area contributed by atoms with E-state index in [1.54, 1.807) is 12.1 Å². The van der Waals surface area contributed by atoms with Gasteiger partial charge in [-0.2, -0.15) is 0 Å². The molecule has 20 heavy (non-hydrogen) atoms. The van der Waals surface area contributed by atoms with Gasteiger partial charge in [0.25, 0.3) is 0 Å². The number of sulfonamides is 1. The van der Waals surface area contributed by atoms with E-state index in [0.717, 1.165) is 17.4 Å². The summed E-state index contributed by atoms with van der Waals surface area (Å²) in [6.07, 6.45) is 0.975. The van der Waals surface area contributed by atoms with E-state index in [-0.39, 0.29) is 5.75 Å². The first-order chi connectivity index (χ1) is 9.39. The highest BCUT2D eigenvalue weighted by Gasteiger charge is 2.14. The largest absolute Gasteiger partial charge is 0.495 e. The fourth-order valence-electron chi connectivity index (χ4n) is 1.49. The van der Waals surface area contributed by atoms with Crippen molar-refractivity contribution in [2.45, 2.75) is 13.3 Å². The number of ether oxygens (including phenoxy) is 1. The van der Waals surface area contributed by atoms with Crippen molar-refractivity contribution in [1.82, 2.24) is 5.32 Å². The number of methoxy groups -OCH3 is 1. The van der Waals surface area contributed by atoms with Crippen molar-refractivity contribution in [3.05, 3.63) is 21.1 Å². The number of hydrogen-bond acceptors (Lipinski definition) is 4. The maximum absolute atomic E-state index is 12.0. The third-order valence-corrected chi connectivity index (χ3v) is 5.03. The molecule has 5 nitrogen and oxygen atoms in total. The molecule has 0 unspecified atom stereocenters. The van der Waals surface area contributed by atoms with Crippen LogP contribution in [0.1, 0.15) is 13.3 Å². The molecule has 0 saturated carbocycles. The number of anilines is 1. The van der Waals surface area contributed by atoms with Crippen molar-refractivity contribution in [2.75, 3.05) is 30.7 Å². The van der Waals surface area contributed by atoms with Crippen LogP contribution >= 0.6 is 31.9 Å². The van der Waals surface area contributed by atoms with Gasteiger partial charge in [0.1, 0.15) is 5.75 Å². The smallest absolute Gasteiger partial charge is 0.234 e. The standard InChI is InChI=1S/C12H18Br2N2O3S/c1-3-4-15-5-6-20(17,18)16-11-8-12(19-2)10(14)7-9(11)13/h7-8,15-16H,3-6H2,1-2H3.